The summed E-state index contributed by atoms with van der Waals surface area (Å²) in [4.78, 5) is 19.7. The molecule has 3 aromatic rings. The zero-order chi connectivity index (χ0) is 21.0. The molecule has 3 rings (SSSR count). The number of hydrogen-bond donors (Lipinski definition) is 2. The van der Waals surface area contributed by atoms with Crippen LogP contribution >= 0.6 is 0 Å². The average molecular weight is 405 g/mol. The summed E-state index contributed by atoms with van der Waals surface area (Å²) in [5.74, 6) is -2.09. The molecule has 1 aromatic carbocycles. The third-order valence-corrected chi connectivity index (χ3v) is 4.41. The fraction of sp³-hybridized carbons (Fsp3) is 0.300. The van der Waals surface area contributed by atoms with Gasteiger partial charge in [0.05, 0.1) is 31.0 Å². The first-order valence-electron chi connectivity index (χ1n) is 8.88. The molecule has 2 N–H and O–H groups in total. The molecule has 0 fully saturated rings. The largest absolute Gasteiger partial charge is 0.382 e. The Morgan fingerprint density at radius 1 is 1.24 bits per heavy atom. The van der Waals surface area contributed by atoms with Crippen LogP contribution in [0.5, 0.6) is 0 Å². The van der Waals surface area contributed by atoms with Crippen LogP contribution < -0.4 is 0 Å². The van der Waals surface area contributed by atoms with Crippen molar-refractivity contribution < 1.29 is 28.3 Å². The number of benzene rings is 1. The number of amides is 1. The Hall–Kier alpha value is -2.88. The van der Waals surface area contributed by atoms with Crippen molar-refractivity contribution in [3.8, 4) is 0 Å². The van der Waals surface area contributed by atoms with Gasteiger partial charge in [0.15, 0.2) is 0 Å². The number of rotatable bonds is 8. The average Bonchev–Trinajstić information content (AvgIpc) is 3.10. The number of carbonyl (C=O) groups is 1. The van der Waals surface area contributed by atoms with Crippen molar-refractivity contribution in [1.82, 2.24) is 15.0 Å². The number of hydrogen-bond acceptors (Lipinski definition) is 5. The maximum atomic E-state index is 14.1. The number of hydroxylamine groups is 2. The lowest BCUT2D eigenvalue weighted by Crippen LogP contribution is -2.24. The summed E-state index contributed by atoms with van der Waals surface area (Å²) in [7, 11) is 2.77. The van der Waals surface area contributed by atoms with Crippen molar-refractivity contribution in [1.29, 1.82) is 0 Å². The minimum absolute atomic E-state index is 0.00207. The van der Waals surface area contributed by atoms with Crippen molar-refractivity contribution in [3.63, 3.8) is 0 Å². The molecule has 0 aliphatic rings. The van der Waals surface area contributed by atoms with Gasteiger partial charge in [-0.05, 0) is 17.7 Å². The monoisotopic (exact) mass is 405 g/mol. The molecule has 29 heavy (non-hydrogen) atoms. The van der Waals surface area contributed by atoms with E-state index in [-0.39, 0.29) is 24.3 Å². The number of carbonyl (C=O) groups excluding carboxylic acids is 1. The zero-order valence-corrected chi connectivity index (χ0v) is 16.0. The SMILES string of the molecule is COCCOCc1c[nH]c2c(Cc3ccc(F)cc3F)nc(C(=O)N(C)O)cc12. The molecule has 0 bridgehead atoms. The standard InChI is InChI=1S/C20H21F2N3O4/c1-25(27)20(26)18-9-15-13(11-29-6-5-28-2)10-23-19(15)17(24-18)7-12-3-4-14(21)8-16(12)22/h3-4,8-10,23,27H,5-7,11H2,1-2H3. The van der Waals surface area contributed by atoms with Crippen LogP contribution in [0.2, 0.25) is 0 Å². The van der Waals surface area contributed by atoms with Crippen molar-refractivity contribution in [3.05, 3.63) is 64.6 Å². The summed E-state index contributed by atoms with van der Waals surface area (Å²) in [5.41, 5.74) is 2.00. The van der Waals surface area contributed by atoms with Gasteiger partial charge >= 0.3 is 0 Å². The molecule has 1 amide bonds. The minimum Gasteiger partial charge on any atom is -0.382 e. The molecule has 0 radical (unpaired) electrons. The van der Waals surface area contributed by atoms with Crippen molar-refractivity contribution in [2.75, 3.05) is 27.4 Å². The van der Waals surface area contributed by atoms with Crippen LogP contribution in [-0.4, -0.2) is 53.5 Å². The Morgan fingerprint density at radius 2 is 2.03 bits per heavy atom. The highest BCUT2D eigenvalue weighted by atomic mass is 19.1. The first kappa shape index (κ1) is 20.8. The van der Waals surface area contributed by atoms with E-state index >= 15 is 0 Å². The van der Waals surface area contributed by atoms with Crippen molar-refractivity contribution in [2.45, 2.75) is 13.0 Å². The number of nitrogens with one attached hydrogen (secondary N) is 1. The van der Waals surface area contributed by atoms with E-state index in [1.165, 1.54) is 13.1 Å². The van der Waals surface area contributed by atoms with E-state index in [1.807, 2.05) is 0 Å². The van der Waals surface area contributed by atoms with E-state index < -0.39 is 17.5 Å². The summed E-state index contributed by atoms with van der Waals surface area (Å²) in [6.07, 6.45) is 1.75. The Balaban J connectivity index is 2.02. The van der Waals surface area contributed by atoms with Gasteiger partial charge in [-0.3, -0.25) is 10.0 Å². The molecule has 154 valence electrons. The van der Waals surface area contributed by atoms with E-state index in [2.05, 4.69) is 9.97 Å². The van der Waals surface area contributed by atoms with Gasteiger partial charge in [-0.1, -0.05) is 6.07 Å². The lowest BCUT2D eigenvalue weighted by atomic mass is 10.0. The first-order chi connectivity index (χ1) is 13.9. The molecule has 0 unspecified atom stereocenters. The molecule has 0 aliphatic carbocycles. The van der Waals surface area contributed by atoms with Gasteiger partial charge in [-0.25, -0.2) is 18.8 Å². The summed E-state index contributed by atoms with van der Waals surface area (Å²) in [6.45, 7) is 1.10. The molecule has 0 saturated heterocycles. The number of H-pyrrole nitrogens is 1. The summed E-state index contributed by atoms with van der Waals surface area (Å²) >= 11 is 0. The molecule has 0 spiro atoms. The Bertz CT molecular complexity index is 1020. The van der Waals surface area contributed by atoms with Crippen molar-refractivity contribution in [2.24, 2.45) is 0 Å². The van der Waals surface area contributed by atoms with Crippen molar-refractivity contribution >= 4 is 16.8 Å². The van der Waals surface area contributed by atoms with Gasteiger partial charge in [0.2, 0.25) is 0 Å². The molecular formula is C20H21F2N3O4. The molecule has 2 heterocycles. The van der Waals surface area contributed by atoms with Crippen LogP contribution in [0.4, 0.5) is 8.78 Å². The number of fused-ring (bicyclic) bond motifs is 1. The Morgan fingerprint density at radius 3 is 2.72 bits per heavy atom. The lowest BCUT2D eigenvalue weighted by molar-refractivity contribution is -0.0379. The molecule has 2 aromatic heterocycles. The fourth-order valence-electron chi connectivity index (χ4n) is 2.94. The van der Waals surface area contributed by atoms with Gasteiger partial charge in [0.1, 0.15) is 17.3 Å². The zero-order valence-electron chi connectivity index (χ0n) is 16.0. The van der Waals surface area contributed by atoms with Crippen LogP contribution in [0, 0.1) is 11.6 Å². The summed E-state index contributed by atoms with van der Waals surface area (Å²) in [5, 5.41) is 10.6. The number of aromatic nitrogens is 2. The van der Waals surface area contributed by atoms with E-state index in [0.717, 1.165) is 17.7 Å². The van der Waals surface area contributed by atoms with E-state index in [1.54, 1.807) is 19.4 Å². The second-order valence-electron chi connectivity index (χ2n) is 6.48. The van der Waals surface area contributed by atoms with Crippen LogP contribution in [0.25, 0.3) is 10.9 Å². The number of methoxy groups -OCH3 is 1. The molecule has 7 nitrogen and oxygen atoms in total. The van der Waals surface area contributed by atoms with Crippen LogP contribution in [0.3, 0.4) is 0 Å². The van der Waals surface area contributed by atoms with Crippen LogP contribution in [0.15, 0.2) is 30.5 Å². The number of ether oxygens (including phenoxy) is 2. The second-order valence-corrected chi connectivity index (χ2v) is 6.48. The summed E-state index contributed by atoms with van der Waals surface area (Å²) < 4.78 is 37.9. The van der Waals surface area contributed by atoms with Gasteiger partial charge in [-0.2, -0.15) is 0 Å². The topological polar surface area (TPSA) is 87.7 Å². The van der Waals surface area contributed by atoms with Crippen LogP contribution in [0.1, 0.15) is 27.3 Å². The molecular weight excluding hydrogens is 384 g/mol. The summed E-state index contributed by atoms with van der Waals surface area (Å²) in [6, 6.07) is 4.84. The Kier molecular flexibility index (Phi) is 6.53. The maximum absolute atomic E-state index is 14.1. The smallest absolute Gasteiger partial charge is 0.295 e. The third kappa shape index (κ3) is 4.76. The predicted octanol–water partition coefficient (Wildman–Crippen LogP) is 3.06. The Labute approximate surface area is 165 Å². The number of nitrogens with zero attached hydrogens (tertiary/aromatic N) is 2. The van der Waals surface area contributed by atoms with E-state index in [9.17, 15) is 18.8 Å². The van der Waals surface area contributed by atoms with Gasteiger partial charge in [-0.15, -0.1) is 0 Å². The maximum Gasteiger partial charge on any atom is 0.295 e. The van der Waals surface area contributed by atoms with E-state index in [0.29, 0.717) is 34.9 Å². The van der Waals surface area contributed by atoms with Gasteiger partial charge in [0, 0.05) is 43.8 Å². The minimum atomic E-state index is -0.708. The fourth-order valence-corrected chi connectivity index (χ4v) is 2.94. The van der Waals surface area contributed by atoms with E-state index in [4.69, 9.17) is 9.47 Å². The van der Waals surface area contributed by atoms with Gasteiger partial charge in [0.25, 0.3) is 5.91 Å². The lowest BCUT2D eigenvalue weighted by Gasteiger charge is -2.11. The quantitative estimate of drug-likeness (QED) is 0.342. The molecule has 0 aliphatic heterocycles. The highest BCUT2D eigenvalue weighted by molar-refractivity contribution is 5.97. The first-order valence-corrected chi connectivity index (χ1v) is 8.88. The number of halogens is 2. The highest BCUT2D eigenvalue weighted by Crippen LogP contribution is 2.26. The molecule has 0 saturated carbocycles. The van der Waals surface area contributed by atoms with Gasteiger partial charge < -0.3 is 14.5 Å². The second kappa shape index (κ2) is 9.08. The van der Waals surface area contributed by atoms with Crippen LogP contribution in [-0.2, 0) is 22.5 Å². The molecule has 0 atom stereocenters. The highest BCUT2D eigenvalue weighted by Gasteiger charge is 2.19. The number of aromatic amines is 1. The predicted molar refractivity (Wildman–Crippen MR) is 101 cm³/mol. The molecule has 9 heteroatoms. The number of pyridine rings is 1. The normalized spacial score (nSPS) is 11.2. The third-order valence-electron chi connectivity index (χ3n) is 4.41.